The van der Waals surface area contributed by atoms with Gasteiger partial charge in [-0.3, -0.25) is 9.59 Å². The first-order chi connectivity index (χ1) is 16.3. The summed E-state index contributed by atoms with van der Waals surface area (Å²) in [6.07, 6.45) is 10.4. The Morgan fingerprint density at radius 3 is 2.34 bits per heavy atom. The molecule has 5 aliphatic rings. The zero-order chi connectivity index (χ0) is 25.6. The van der Waals surface area contributed by atoms with Gasteiger partial charge in [0.15, 0.2) is 5.78 Å². The molecule has 0 N–H and O–H groups in total. The van der Waals surface area contributed by atoms with Gasteiger partial charge in [0.1, 0.15) is 11.9 Å². The van der Waals surface area contributed by atoms with Crippen LogP contribution in [-0.2, 0) is 14.3 Å². The normalized spacial score (nSPS) is 47.9. The molecule has 5 rings (SSSR count). The number of fused-ring (bicyclic) bond motifs is 7. The van der Waals surface area contributed by atoms with Gasteiger partial charge in [0.25, 0.3) is 0 Å². The molecule has 8 atom stereocenters. The van der Waals surface area contributed by atoms with Gasteiger partial charge in [-0.15, -0.1) is 0 Å². The number of ketones is 2. The van der Waals surface area contributed by atoms with E-state index < -0.39 is 5.41 Å². The summed E-state index contributed by atoms with van der Waals surface area (Å²) in [7, 11) is 1.82. The van der Waals surface area contributed by atoms with Crippen molar-refractivity contribution in [1.82, 2.24) is 0 Å². The third kappa shape index (κ3) is 3.32. The molecular weight excluding hydrogens is 434 g/mol. The molecule has 4 saturated carbocycles. The number of methoxy groups -OCH3 is 1. The van der Waals surface area contributed by atoms with Gasteiger partial charge in [-0.1, -0.05) is 47.6 Å². The summed E-state index contributed by atoms with van der Waals surface area (Å²) >= 11 is 0. The van der Waals surface area contributed by atoms with E-state index in [1.165, 1.54) is 12.8 Å². The van der Waals surface area contributed by atoms with Crippen molar-refractivity contribution in [3.63, 3.8) is 0 Å². The number of Topliss-reactive ketones (excluding diaryl/α,β-unsaturated/α-hetero) is 2. The second-order valence-corrected chi connectivity index (χ2v) is 14.8. The molecule has 0 aliphatic heterocycles. The van der Waals surface area contributed by atoms with Crippen LogP contribution in [0.15, 0.2) is 11.6 Å². The monoisotopic (exact) mass is 479 g/mol. The third-order valence-electron chi connectivity index (χ3n) is 12.3. The highest BCUT2D eigenvalue weighted by Crippen LogP contribution is 2.71. The zero-order valence-corrected chi connectivity index (χ0v) is 23.0. The van der Waals surface area contributed by atoms with Crippen LogP contribution in [0.1, 0.15) is 92.9 Å². The third-order valence-corrected chi connectivity index (χ3v) is 12.3. The quantitative estimate of drug-likeness (QED) is 0.451. The van der Waals surface area contributed by atoms with E-state index in [0.29, 0.717) is 29.6 Å². The Morgan fingerprint density at radius 1 is 0.971 bits per heavy atom. The number of rotatable bonds is 2. The van der Waals surface area contributed by atoms with Crippen molar-refractivity contribution in [3.05, 3.63) is 11.6 Å². The highest BCUT2D eigenvalue weighted by Gasteiger charge is 2.68. The number of ether oxygens (including phenoxy) is 1. The summed E-state index contributed by atoms with van der Waals surface area (Å²) < 4.78 is 5.82. The van der Waals surface area contributed by atoms with Crippen molar-refractivity contribution in [1.29, 1.82) is 5.26 Å². The van der Waals surface area contributed by atoms with Crippen LogP contribution in [0.5, 0.6) is 0 Å². The lowest BCUT2D eigenvalue weighted by Crippen LogP contribution is -2.65. The molecule has 4 fully saturated rings. The van der Waals surface area contributed by atoms with Crippen LogP contribution in [0.4, 0.5) is 0 Å². The van der Waals surface area contributed by atoms with Gasteiger partial charge in [0, 0.05) is 24.9 Å². The summed E-state index contributed by atoms with van der Waals surface area (Å²) in [5.41, 5.74) is -0.100. The molecule has 0 spiro atoms. The van der Waals surface area contributed by atoms with Crippen LogP contribution in [0.3, 0.4) is 0 Å². The Hall–Kier alpha value is -1.47. The molecule has 0 bridgehead atoms. The second-order valence-electron chi connectivity index (χ2n) is 14.8. The minimum atomic E-state index is -0.566. The van der Waals surface area contributed by atoms with Gasteiger partial charge in [-0.25, -0.2) is 0 Å². The summed E-state index contributed by atoms with van der Waals surface area (Å²) in [6.45, 7) is 14.3. The van der Waals surface area contributed by atoms with Crippen molar-refractivity contribution in [2.45, 2.75) is 92.9 Å². The topological polar surface area (TPSA) is 67.2 Å². The minimum Gasteiger partial charge on any atom is -0.384 e. The van der Waals surface area contributed by atoms with Crippen molar-refractivity contribution >= 4 is 11.6 Å². The first-order valence-electron chi connectivity index (χ1n) is 14.0. The number of hydrogen-bond donors (Lipinski definition) is 0. The van der Waals surface area contributed by atoms with Gasteiger partial charge in [-0.05, 0) is 90.3 Å². The van der Waals surface area contributed by atoms with Gasteiger partial charge < -0.3 is 4.74 Å². The Bertz CT molecular complexity index is 1020. The maximum Gasteiger partial charge on any atom is 0.178 e. The molecule has 35 heavy (non-hydrogen) atoms. The van der Waals surface area contributed by atoms with E-state index in [9.17, 15) is 14.9 Å². The summed E-state index contributed by atoms with van der Waals surface area (Å²) in [4.78, 5) is 27.4. The molecule has 0 heterocycles. The number of nitrogens with zero attached hydrogens (tertiary/aromatic N) is 1. The van der Waals surface area contributed by atoms with Crippen LogP contribution in [-0.4, -0.2) is 25.3 Å². The Morgan fingerprint density at radius 2 is 1.69 bits per heavy atom. The maximum absolute atomic E-state index is 14.2. The van der Waals surface area contributed by atoms with Gasteiger partial charge >= 0.3 is 0 Å². The number of hydrogen-bond acceptors (Lipinski definition) is 4. The lowest BCUT2D eigenvalue weighted by molar-refractivity contribution is -0.195. The number of carbonyl (C=O) groups excluding carboxylic acids is 2. The molecule has 0 amide bonds. The molecule has 0 saturated heterocycles. The average Bonchev–Trinajstić information content (AvgIpc) is 2.78. The van der Waals surface area contributed by atoms with E-state index in [2.05, 4.69) is 33.8 Å². The number of carbonyl (C=O) groups is 2. The fraction of sp³-hybridized carbons (Fsp3) is 0.839. The maximum atomic E-state index is 14.2. The van der Waals surface area contributed by atoms with Crippen LogP contribution < -0.4 is 0 Å². The van der Waals surface area contributed by atoms with Crippen molar-refractivity contribution in [3.8, 4) is 6.07 Å². The van der Waals surface area contributed by atoms with E-state index in [1.54, 1.807) is 0 Å². The smallest absolute Gasteiger partial charge is 0.178 e. The van der Waals surface area contributed by atoms with Gasteiger partial charge in [0.2, 0.25) is 0 Å². The molecular formula is C31H45NO3. The molecule has 192 valence electrons. The highest BCUT2D eigenvalue weighted by molar-refractivity contribution is 6.04. The number of nitriles is 1. The van der Waals surface area contributed by atoms with Crippen molar-refractivity contribution in [2.24, 2.45) is 56.7 Å². The molecule has 0 aromatic rings. The molecule has 8 unspecified atom stereocenters. The van der Waals surface area contributed by atoms with E-state index in [0.717, 1.165) is 38.7 Å². The van der Waals surface area contributed by atoms with Gasteiger partial charge in [-0.2, -0.15) is 5.26 Å². The summed E-state index contributed by atoms with van der Waals surface area (Å²) in [5, 5.41) is 9.84. The molecule has 4 nitrogen and oxygen atoms in total. The van der Waals surface area contributed by atoms with Crippen molar-refractivity contribution < 1.29 is 14.3 Å². The lowest BCUT2D eigenvalue weighted by atomic mass is 9.35. The Balaban J connectivity index is 1.58. The van der Waals surface area contributed by atoms with E-state index in [-0.39, 0.29) is 45.2 Å². The molecule has 0 radical (unpaired) electrons. The molecule has 4 heteroatoms. The van der Waals surface area contributed by atoms with E-state index in [1.807, 2.05) is 27.0 Å². The lowest BCUT2D eigenvalue weighted by Gasteiger charge is -2.68. The van der Waals surface area contributed by atoms with E-state index in [4.69, 9.17) is 4.74 Å². The first-order valence-corrected chi connectivity index (χ1v) is 14.0. The Kier molecular flexibility index (Phi) is 5.59. The van der Waals surface area contributed by atoms with Crippen LogP contribution in [0.25, 0.3) is 0 Å². The molecule has 0 aromatic heterocycles. The first kappa shape index (κ1) is 25.2. The van der Waals surface area contributed by atoms with Gasteiger partial charge in [0.05, 0.1) is 12.2 Å². The fourth-order valence-electron chi connectivity index (χ4n) is 10.6. The highest BCUT2D eigenvalue weighted by atomic mass is 16.5. The predicted octanol–water partition coefficient (Wildman–Crippen LogP) is 6.54. The van der Waals surface area contributed by atoms with Crippen LogP contribution >= 0.6 is 0 Å². The predicted molar refractivity (Wildman–Crippen MR) is 136 cm³/mol. The summed E-state index contributed by atoms with van der Waals surface area (Å²) in [6, 6.07) is 2.22. The minimum absolute atomic E-state index is 0.0162. The summed E-state index contributed by atoms with van der Waals surface area (Å²) in [5.74, 6) is 1.70. The van der Waals surface area contributed by atoms with Crippen LogP contribution in [0.2, 0.25) is 0 Å². The zero-order valence-electron chi connectivity index (χ0n) is 23.0. The second kappa shape index (κ2) is 7.77. The van der Waals surface area contributed by atoms with Crippen LogP contribution in [0, 0.1) is 68.0 Å². The fourth-order valence-corrected chi connectivity index (χ4v) is 10.6. The van der Waals surface area contributed by atoms with Crippen molar-refractivity contribution in [2.75, 3.05) is 13.7 Å². The average molecular weight is 480 g/mol. The standard InChI is InChI=1S/C31H45NO3/c1-27(2)12-13-31(18-35-7)11-8-20-25(21(31)16-27)22(33)14-24-29(20,5)10-9-23-28(3,4)26(34)19(17-32)15-30(23,24)6/h15,20-21,23-25H,8-14,16,18H2,1-7H3. The number of allylic oxidation sites excluding steroid dienone is 2. The SMILES string of the molecule is COCC12CCC3C(C(=O)CC4C5(C)C=C(C#N)C(=O)C(C)(C)C5CCC34C)C1CC(C)(C)CC2. The largest absolute Gasteiger partial charge is 0.384 e. The molecule has 0 aromatic carbocycles. The molecule has 5 aliphatic carbocycles. The van der Waals surface area contributed by atoms with E-state index >= 15 is 0 Å². The Labute approximate surface area is 212 Å².